The van der Waals surface area contributed by atoms with Crippen LogP contribution in [0.3, 0.4) is 0 Å². The Morgan fingerprint density at radius 3 is 2.46 bits per heavy atom. The molecule has 0 amide bonds. The van der Waals surface area contributed by atoms with Gasteiger partial charge in [-0.25, -0.2) is 0 Å². The number of ether oxygens (including phenoxy) is 2. The maximum absolute atomic E-state index is 9.32. The molecule has 0 aliphatic carbocycles. The van der Waals surface area contributed by atoms with Gasteiger partial charge in [-0.05, 0) is 20.8 Å². The minimum absolute atomic E-state index is 0.223. The first-order chi connectivity index (χ1) is 5.95. The van der Waals surface area contributed by atoms with Crippen molar-refractivity contribution in [2.75, 3.05) is 19.8 Å². The molecule has 0 rings (SSSR count). The molecule has 0 aromatic heterocycles. The lowest BCUT2D eigenvalue weighted by Crippen LogP contribution is -2.29. The van der Waals surface area contributed by atoms with Crippen LogP contribution in [0.2, 0.25) is 0 Å². The van der Waals surface area contributed by atoms with Gasteiger partial charge in [0.1, 0.15) is 12.7 Å². The highest BCUT2D eigenvalue weighted by Gasteiger charge is 2.13. The van der Waals surface area contributed by atoms with Crippen molar-refractivity contribution in [1.29, 1.82) is 0 Å². The molecule has 1 N–H and O–H groups in total. The third-order valence-corrected chi connectivity index (χ3v) is 1.20. The van der Waals surface area contributed by atoms with Crippen molar-refractivity contribution in [2.45, 2.75) is 32.5 Å². The molecule has 0 aromatic rings. The zero-order chi connectivity index (χ0) is 10.3. The summed E-state index contributed by atoms with van der Waals surface area (Å²) < 4.78 is 10.3. The molecular weight excluding hydrogens is 168 g/mol. The van der Waals surface area contributed by atoms with Crippen LogP contribution in [0, 0.1) is 12.3 Å². The van der Waals surface area contributed by atoms with E-state index in [1.807, 2.05) is 20.8 Å². The standard InChI is InChI=1S/C10H18O3/c1-5-6-12-7-9(11)8-13-10(2,3)4/h1,9,11H,6-8H2,2-4H3/t9-/m1/s1. The molecule has 0 heterocycles. The number of hydrogen-bond acceptors (Lipinski definition) is 3. The Labute approximate surface area is 80.0 Å². The predicted octanol–water partition coefficient (Wildman–Crippen LogP) is 0.812. The van der Waals surface area contributed by atoms with Crippen molar-refractivity contribution in [3.8, 4) is 12.3 Å². The first-order valence-corrected chi connectivity index (χ1v) is 4.29. The SMILES string of the molecule is C#CCOC[C@@H](O)COC(C)(C)C. The van der Waals surface area contributed by atoms with Gasteiger partial charge in [-0.1, -0.05) is 5.92 Å². The van der Waals surface area contributed by atoms with Gasteiger partial charge in [-0.15, -0.1) is 6.42 Å². The molecule has 13 heavy (non-hydrogen) atoms. The van der Waals surface area contributed by atoms with Crippen LogP contribution in [-0.4, -0.2) is 36.6 Å². The molecule has 0 unspecified atom stereocenters. The second kappa shape index (κ2) is 5.98. The maximum atomic E-state index is 9.32. The summed E-state index contributed by atoms with van der Waals surface area (Å²) in [6.45, 7) is 6.52. The molecule has 0 aliphatic heterocycles. The van der Waals surface area contributed by atoms with Crippen molar-refractivity contribution < 1.29 is 14.6 Å². The zero-order valence-electron chi connectivity index (χ0n) is 8.54. The van der Waals surface area contributed by atoms with E-state index in [4.69, 9.17) is 15.9 Å². The molecule has 76 valence electrons. The molecule has 0 saturated carbocycles. The van der Waals surface area contributed by atoms with Crippen LogP contribution >= 0.6 is 0 Å². The van der Waals surface area contributed by atoms with Crippen molar-refractivity contribution in [1.82, 2.24) is 0 Å². The summed E-state index contributed by atoms with van der Waals surface area (Å²) in [5, 5.41) is 9.32. The van der Waals surface area contributed by atoms with Crippen LogP contribution in [0.25, 0.3) is 0 Å². The van der Waals surface area contributed by atoms with Crippen LogP contribution in [-0.2, 0) is 9.47 Å². The van der Waals surface area contributed by atoms with Crippen LogP contribution < -0.4 is 0 Å². The Morgan fingerprint density at radius 2 is 2.00 bits per heavy atom. The summed E-state index contributed by atoms with van der Waals surface area (Å²) in [6.07, 6.45) is 4.37. The lowest BCUT2D eigenvalue weighted by atomic mass is 10.2. The summed E-state index contributed by atoms with van der Waals surface area (Å²) in [7, 11) is 0. The van der Waals surface area contributed by atoms with Crippen molar-refractivity contribution in [3.63, 3.8) is 0 Å². The van der Waals surface area contributed by atoms with Crippen molar-refractivity contribution in [2.24, 2.45) is 0 Å². The highest BCUT2D eigenvalue weighted by atomic mass is 16.5. The lowest BCUT2D eigenvalue weighted by molar-refractivity contribution is -0.0686. The Bertz CT molecular complexity index is 164. The third kappa shape index (κ3) is 9.35. The first-order valence-electron chi connectivity index (χ1n) is 4.29. The van der Waals surface area contributed by atoms with E-state index in [0.717, 1.165) is 0 Å². The van der Waals surface area contributed by atoms with Gasteiger partial charge in [0.2, 0.25) is 0 Å². The van der Waals surface area contributed by atoms with E-state index in [1.54, 1.807) is 0 Å². The van der Waals surface area contributed by atoms with Crippen LogP contribution in [0.1, 0.15) is 20.8 Å². The van der Waals surface area contributed by atoms with Gasteiger partial charge in [-0.2, -0.15) is 0 Å². The molecular formula is C10H18O3. The summed E-state index contributed by atoms with van der Waals surface area (Å²) >= 11 is 0. The van der Waals surface area contributed by atoms with E-state index >= 15 is 0 Å². The zero-order valence-corrected chi connectivity index (χ0v) is 8.54. The van der Waals surface area contributed by atoms with E-state index in [2.05, 4.69) is 5.92 Å². The van der Waals surface area contributed by atoms with Gasteiger partial charge in [0.15, 0.2) is 0 Å². The van der Waals surface area contributed by atoms with Crippen LogP contribution in [0.5, 0.6) is 0 Å². The normalized spacial score (nSPS) is 13.8. The number of aliphatic hydroxyl groups excluding tert-OH is 1. The summed E-state index contributed by atoms with van der Waals surface area (Å²) in [5.41, 5.74) is -0.229. The second-order valence-corrected chi connectivity index (χ2v) is 3.80. The third-order valence-electron chi connectivity index (χ3n) is 1.20. The molecule has 3 nitrogen and oxygen atoms in total. The van der Waals surface area contributed by atoms with E-state index in [-0.39, 0.29) is 25.4 Å². The molecule has 0 fully saturated rings. The summed E-state index contributed by atoms with van der Waals surface area (Å²) in [6, 6.07) is 0. The Balaban J connectivity index is 3.42. The number of hydrogen-bond donors (Lipinski definition) is 1. The Morgan fingerprint density at radius 1 is 1.38 bits per heavy atom. The molecule has 0 saturated heterocycles. The molecule has 1 atom stereocenters. The molecule has 0 aromatic carbocycles. The average Bonchev–Trinajstić information content (AvgIpc) is 2.00. The van der Waals surface area contributed by atoms with Crippen LogP contribution in [0.15, 0.2) is 0 Å². The molecule has 0 spiro atoms. The first kappa shape index (κ1) is 12.4. The van der Waals surface area contributed by atoms with Gasteiger partial charge in [-0.3, -0.25) is 0 Å². The summed E-state index contributed by atoms with van der Waals surface area (Å²) in [4.78, 5) is 0. The minimum Gasteiger partial charge on any atom is -0.388 e. The minimum atomic E-state index is -0.604. The average molecular weight is 186 g/mol. The highest BCUT2D eigenvalue weighted by molar-refractivity contribution is 4.82. The quantitative estimate of drug-likeness (QED) is 0.510. The van der Waals surface area contributed by atoms with E-state index in [0.29, 0.717) is 0 Å². The number of aliphatic hydroxyl groups is 1. The van der Waals surface area contributed by atoms with Gasteiger partial charge in [0.25, 0.3) is 0 Å². The van der Waals surface area contributed by atoms with E-state index in [1.165, 1.54) is 0 Å². The fourth-order valence-electron chi connectivity index (χ4n) is 0.648. The molecule has 3 heteroatoms. The number of rotatable bonds is 5. The maximum Gasteiger partial charge on any atom is 0.107 e. The monoisotopic (exact) mass is 186 g/mol. The fraction of sp³-hybridized carbons (Fsp3) is 0.800. The van der Waals surface area contributed by atoms with E-state index < -0.39 is 6.10 Å². The second-order valence-electron chi connectivity index (χ2n) is 3.80. The summed E-state index contributed by atoms with van der Waals surface area (Å²) in [5.74, 6) is 2.32. The Kier molecular flexibility index (Phi) is 5.72. The van der Waals surface area contributed by atoms with Gasteiger partial charge in [0, 0.05) is 0 Å². The van der Waals surface area contributed by atoms with Crippen molar-refractivity contribution in [3.05, 3.63) is 0 Å². The predicted molar refractivity (Wildman–Crippen MR) is 51.4 cm³/mol. The molecule has 0 aliphatic rings. The van der Waals surface area contributed by atoms with Crippen molar-refractivity contribution >= 4 is 0 Å². The number of terminal acetylenes is 1. The highest BCUT2D eigenvalue weighted by Crippen LogP contribution is 2.06. The fourth-order valence-corrected chi connectivity index (χ4v) is 0.648. The molecule has 0 bridgehead atoms. The lowest BCUT2D eigenvalue weighted by Gasteiger charge is -2.21. The van der Waals surface area contributed by atoms with Gasteiger partial charge in [0.05, 0.1) is 18.8 Å². The van der Waals surface area contributed by atoms with Gasteiger partial charge >= 0.3 is 0 Å². The Hall–Kier alpha value is -0.560. The molecule has 0 radical (unpaired) electrons. The smallest absolute Gasteiger partial charge is 0.107 e. The van der Waals surface area contributed by atoms with Crippen LogP contribution in [0.4, 0.5) is 0 Å². The topological polar surface area (TPSA) is 38.7 Å². The largest absolute Gasteiger partial charge is 0.388 e. The van der Waals surface area contributed by atoms with Gasteiger partial charge < -0.3 is 14.6 Å². The van der Waals surface area contributed by atoms with E-state index in [9.17, 15) is 5.11 Å².